The lowest BCUT2D eigenvalue weighted by Gasteiger charge is -2.22. The Morgan fingerprint density at radius 3 is 2.00 bits per heavy atom. The number of alkyl halides is 3. The molecule has 10 heteroatoms. The van der Waals surface area contributed by atoms with Crippen molar-refractivity contribution in [2.75, 3.05) is 26.6 Å². The monoisotopic (exact) mass is 454 g/mol. The Morgan fingerprint density at radius 1 is 0.938 bits per heavy atom. The molecule has 0 aliphatic rings. The zero-order chi connectivity index (χ0) is 24.1. The molecule has 2 amide bonds. The van der Waals surface area contributed by atoms with Crippen LogP contribution in [0, 0.1) is 5.92 Å². The first-order valence-electron chi connectivity index (χ1n) is 9.60. The van der Waals surface area contributed by atoms with Gasteiger partial charge in [-0.1, -0.05) is 19.9 Å². The van der Waals surface area contributed by atoms with Crippen molar-refractivity contribution in [1.29, 1.82) is 0 Å². The van der Waals surface area contributed by atoms with Gasteiger partial charge in [0, 0.05) is 11.3 Å². The fourth-order valence-electron chi connectivity index (χ4n) is 2.96. The SMILES string of the molecule is COc1cc(C(=O)N[C@@H](C(=O)Nc2cccc(C(F)(F)F)c2)C(C)C)cc(OC)c1OC. The van der Waals surface area contributed by atoms with Crippen molar-refractivity contribution in [3.8, 4) is 17.2 Å². The Labute approximate surface area is 183 Å². The summed E-state index contributed by atoms with van der Waals surface area (Å²) in [6.07, 6.45) is -4.54. The molecular formula is C22H25F3N2O5. The van der Waals surface area contributed by atoms with E-state index < -0.39 is 29.6 Å². The normalized spacial score (nSPS) is 12.2. The molecule has 32 heavy (non-hydrogen) atoms. The van der Waals surface area contributed by atoms with Gasteiger partial charge in [-0.2, -0.15) is 13.2 Å². The average Bonchev–Trinajstić information content (AvgIpc) is 2.75. The van der Waals surface area contributed by atoms with Gasteiger partial charge in [0.25, 0.3) is 5.91 Å². The zero-order valence-corrected chi connectivity index (χ0v) is 18.3. The Kier molecular flexibility index (Phi) is 7.96. The molecule has 0 aromatic heterocycles. The van der Waals surface area contributed by atoms with Gasteiger partial charge in [-0.15, -0.1) is 0 Å². The Bertz CT molecular complexity index is 951. The Morgan fingerprint density at radius 2 is 1.53 bits per heavy atom. The molecule has 2 aromatic rings. The highest BCUT2D eigenvalue weighted by Gasteiger charge is 2.31. The summed E-state index contributed by atoms with van der Waals surface area (Å²) in [7, 11) is 4.23. The molecule has 1 atom stereocenters. The maximum Gasteiger partial charge on any atom is 0.416 e. The van der Waals surface area contributed by atoms with Crippen LogP contribution in [-0.2, 0) is 11.0 Å². The van der Waals surface area contributed by atoms with Crippen molar-refractivity contribution in [3.05, 3.63) is 47.5 Å². The third-order valence-corrected chi connectivity index (χ3v) is 4.62. The second kappa shape index (κ2) is 10.3. The number of rotatable bonds is 8. The number of halogens is 3. The van der Waals surface area contributed by atoms with Crippen molar-refractivity contribution in [3.63, 3.8) is 0 Å². The molecule has 0 aliphatic carbocycles. The van der Waals surface area contributed by atoms with Crippen molar-refractivity contribution < 1.29 is 37.0 Å². The molecule has 0 fully saturated rings. The minimum absolute atomic E-state index is 0.0301. The molecule has 174 valence electrons. The molecule has 0 aliphatic heterocycles. The van der Waals surface area contributed by atoms with Crippen LogP contribution in [0.3, 0.4) is 0 Å². The molecular weight excluding hydrogens is 429 g/mol. The summed E-state index contributed by atoms with van der Waals surface area (Å²) in [6, 6.07) is 6.11. The molecule has 0 bridgehead atoms. The fraction of sp³-hybridized carbons (Fsp3) is 0.364. The van der Waals surface area contributed by atoms with Crippen molar-refractivity contribution >= 4 is 17.5 Å². The molecule has 0 saturated heterocycles. The van der Waals surface area contributed by atoms with Crippen LogP contribution in [0.5, 0.6) is 17.2 Å². The van der Waals surface area contributed by atoms with E-state index in [1.165, 1.54) is 45.6 Å². The predicted octanol–water partition coefficient (Wildman–Crippen LogP) is 4.12. The second-order valence-electron chi connectivity index (χ2n) is 7.18. The standard InChI is InChI=1S/C22H25F3N2O5/c1-12(2)18(21(29)26-15-8-6-7-14(11-15)22(23,24)25)27-20(28)13-9-16(30-3)19(32-5)17(10-13)31-4/h6-12,18H,1-5H3,(H,26,29)(H,27,28)/t18-/m1/s1. The summed E-state index contributed by atoms with van der Waals surface area (Å²) in [4.78, 5) is 25.6. The number of benzene rings is 2. The quantitative estimate of drug-likeness (QED) is 0.627. The molecule has 0 radical (unpaired) electrons. The summed E-state index contributed by atoms with van der Waals surface area (Å²) < 4.78 is 54.5. The van der Waals surface area contributed by atoms with Gasteiger partial charge >= 0.3 is 6.18 Å². The third kappa shape index (κ3) is 5.83. The fourth-order valence-corrected chi connectivity index (χ4v) is 2.96. The first-order chi connectivity index (χ1) is 15.0. The van der Waals surface area contributed by atoms with Gasteiger partial charge in [0.1, 0.15) is 6.04 Å². The van der Waals surface area contributed by atoms with Crippen LogP contribution in [0.25, 0.3) is 0 Å². The van der Waals surface area contributed by atoms with E-state index in [0.29, 0.717) is 5.75 Å². The lowest BCUT2D eigenvalue weighted by atomic mass is 10.0. The third-order valence-electron chi connectivity index (χ3n) is 4.62. The van der Waals surface area contributed by atoms with Crippen LogP contribution >= 0.6 is 0 Å². The molecule has 0 spiro atoms. The summed E-state index contributed by atoms with van der Waals surface area (Å²) in [5.41, 5.74) is -0.771. The first kappa shape index (κ1) is 24.8. The van der Waals surface area contributed by atoms with Crippen LogP contribution in [-0.4, -0.2) is 39.2 Å². The average molecular weight is 454 g/mol. The van der Waals surface area contributed by atoms with Crippen LogP contribution in [0.1, 0.15) is 29.8 Å². The second-order valence-corrected chi connectivity index (χ2v) is 7.18. The Balaban J connectivity index is 2.25. The van der Waals surface area contributed by atoms with Gasteiger partial charge in [-0.25, -0.2) is 0 Å². The molecule has 2 rings (SSSR count). The maximum absolute atomic E-state index is 12.9. The number of anilines is 1. The Hall–Kier alpha value is -3.43. The molecule has 2 N–H and O–H groups in total. The smallest absolute Gasteiger partial charge is 0.416 e. The van der Waals surface area contributed by atoms with Gasteiger partial charge in [0.2, 0.25) is 11.7 Å². The van der Waals surface area contributed by atoms with Crippen molar-refractivity contribution in [1.82, 2.24) is 5.32 Å². The van der Waals surface area contributed by atoms with E-state index >= 15 is 0 Å². The van der Waals surface area contributed by atoms with Gasteiger partial charge in [0.15, 0.2) is 11.5 Å². The molecule has 2 aromatic carbocycles. The number of ether oxygens (including phenoxy) is 3. The van der Waals surface area contributed by atoms with Crippen LogP contribution < -0.4 is 24.8 Å². The van der Waals surface area contributed by atoms with E-state index in [1.807, 2.05) is 0 Å². The highest BCUT2D eigenvalue weighted by atomic mass is 19.4. The summed E-state index contributed by atoms with van der Waals surface area (Å²) in [6.45, 7) is 3.40. The van der Waals surface area contributed by atoms with Crippen LogP contribution in [0.15, 0.2) is 36.4 Å². The number of carbonyl (C=O) groups excluding carboxylic acids is 2. The highest BCUT2D eigenvalue weighted by Crippen LogP contribution is 2.38. The van der Waals surface area contributed by atoms with Gasteiger partial charge in [0.05, 0.1) is 26.9 Å². The van der Waals surface area contributed by atoms with Gasteiger partial charge in [-0.05, 0) is 36.2 Å². The highest BCUT2D eigenvalue weighted by molar-refractivity contribution is 6.02. The lowest BCUT2D eigenvalue weighted by Crippen LogP contribution is -2.47. The number of methoxy groups -OCH3 is 3. The van der Waals surface area contributed by atoms with Crippen LogP contribution in [0.2, 0.25) is 0 Å². The number of amides is 2. The van der Waals surface area contributed by atoms with E-state index in [1.54, 1.807) is 13.8 Å². The van der Waals surface area contributed by atoms with E-state index in [-0.39, 0.29) is 28.7 Å². The van der Waals surface area contributed by atoms with Crippen LogP contribution in [0.4, 0.5) is 18.9 Å². The topological polar surface area (TPSA) is 85.9 Å². The summed E-state index contributed by atoms with van der Waals surface area (Å²) in [5, 5.41) is 5.05. The maximum atomic E-state index is 12.9. The molecule has 0 saturated carbocycles. The minimum atomic E-state index is -4.54. The minimum Gasteiger partial charge on any atom is -0.493 e. The lowest BCUT2D eigenvalue weighted by molar-refractivity contribution is -0.137. The van der Waals surface area contributed by atoms with Gasteiger partial charge < -0.3 is 24.8 Å². The number of hydrogen-bond acceptors (Lipinski definition) is 5. The van der Waals surface area contributed by atoms with Crippen molar-refractivity contribution in [2.45, 2.75) is 26.1 Å². The summed E-state index contributed by atoms with van der Waals surface area (Å²) in [5.74, 6) is -0.790. The van der Waals surface area contributed by atoms with E-state index in [2.05, 4.69) is 10.6 Å². The first-order valence-corrected chi connectivity index (χ1v) is 9.60. The largest absolute Gasteiger partial charge is 0.493 e. The molecule has 7 nitrogen and oxygen atoms in total. The molecule has 0 heterocycles. The number of carbonyl (C=O) groups is 2. The summed E-state index contributed by atoms with van der Waals surface area (Å²) >= 11 is 0. The number of nitrogens with one attached hydrogen (secondary N) is 2. The number of hydrogen-bond donors (Lipinski definition) is 2. The van der Waals surface area contributed by atoms with Gasteiger partial charge in [-0.3, -0.25) is 9.59 Å². The van der Waals surface area contributed by atoms with E-state index in [0.717, 1.165) is 12.1 Å². The predicted molar refractivity (Wildman–Crippen MR) is 112 cm³/mol. The molecule has 0 unspecified atom stereocenters. The zero-order valence-electron chi connectivity index (χ0n) is 18.3. The van der Waals surface area contributed by atoms with E-state index in [4.69, 9.17) is 14.2 Å². The van der Waals surface area contributed by atoms with E-state index in [9.17, 15) is 22.8 Å². The van der Waals surface area contributed by atoms with Crippen molar-refractivity contribution in [2.24, 2.45) is 5.92 Å².